The predicted molar refractivity (Wildman–Crippen MR) is 118 cm³/mol. The number of ether oxygens (including phenoxy) is 1. The molecular formula is C20H24ClF2N7O2. The zero-order chi connectivity index (χ0) is 22.9. The molecule has 4 N–H and O–H groups in total. The second-order valence-electron chi connectivity index (χ2n) is 6.96. The minimum atomic E-state index is -0.600. The molecule has 172 valence electrons. The number of halogens is 3. The van der Waals surface area contributed by atoms with Crippen LogP contribution >= 0.6 is 11.6 Å². The lowest BCUT2D eigenvalue weighted by Gasteiger charge is -2.26. The Balaban J connectivity index is 1.58. The van der Waals surface area contributed by atoms with Gasteiger partial charge in [-0.1, -0.05) is 11.6 Å². The van der Waals surface area contributed by atoms with E-state index >= 15 is 0 Å². The first-order valence-electron chi connectivity index (χ1n) is 10.0. The van der Waals surface area contributed by atoms with Crippen LogP contribution in [0.1, 0.15) is 12.8 Å². The normalized spacial score (nSPS) is 17.0. The molecular weight excluding hydrogens is 444 g/mol. The number of nitrogens with zero attached hydrogens (tertiary/aromatic N) is 3. The summed E-state index contributed by atoms with van der Waals surface area (Å²) in [7, 11) is 0. The van der Waals surface area contributed by atoms with Gasteiger partial charge in [-0.3, -0.25) is 4.79 Å². The van der Waals surface area contributed by atoms with Crippen molar-refractivity contribution >= 4 is 35.5 Å². The van der Waals surface area contributed by atoms with E-state index in [4.69, 9.17) is 21.7 Å². The molecule has 2 aliphatic rings. The van der Waals surface area contributed by atoms with Gasteiger partial charge in [0.1, 0.15) is 16.7 Å². The molecule has 32 heavy (non-hydrogen) atoms. The van der Waals surface area contributed by atoms with Gasteiger partial charge in [0.25, 0.3) is 0 Å². The van der Waals surface area contributed by atoms with Gasteiger partial charge in [-0.2, -0.15) is 4.98 Å². The molecule has 1 aliphatic carbocycles. The number of anilines is 2. The van der Waals surface area contributed by atoms with Gasteiger partial charge in [-0.05, 0) is 12.5 Å². The molecule has 1 saturated heterocycles. The van der Waals surface area contributed by atoms with E-state index < -0.39 is 11.7 Å². The van der Waals surface area contributed by atoms with E-state index in [0.717, 1.165) is 6.21 Å². The van der Waals surface area contributed by atoms with Gasteiger partial charge in [0.2, 0.25) is 11.9 Å². The SMILES string of the molecule is N=C/C(=C\NCC(=O)N1CCOCC1)Nc1ncc(Cl)c(NCC2=C(F)CCC=C2F)n1. The van der Waals surface area contributed by atoms with Crippen LogP contribution in [0.4, 0.5) is 20.5 Å². The van der Waals surface area contributed by atoms with Crippen molar-refractivity contribution in [3.8, 4) is 0 Å². The fourth-order valence-corrected chi connectivity index (χ4v) is 3.21. The van der Waals surface area contributed by atoms with E-state index in [-0.39, 0.29) is 47.8 Å². The number of amides is 1. The first-order valence-corrected chi connectivity index (χ1v) is 10.4. The minimum absolute atomic E-state index is 0.0605. The van der Waals surface area contributed by atoms with Gasteiger partial charge in [0, 0.05) is 44.0 Å². The maximum Gasteiger partial charge on any atom is 0.242 e. The highest BCUT2D eigenvalue weighted by molar-refractivity contribution is 6.32. The maximum absolute atomic E-state index is 13.9. The van der Waals surface area contributed by atoms with E-state index in [1.54, 1.807) is 4.90 Å². The van der Waals surface area contributed by atoms with Crippen LogP contribution in [0.15, 0.2) is 41.4 Å². The summed E-state index contributed by atoms with van der Waals surface area (Å²) in [6.07, 6.45) is 5.64. The van der Waals surface area contributed by atoms with E-state index in [1.165, 1.54) is 18.5 Å². The Morgan fingerprint density at radius 1 is 1.34 bits per heavy atom. The van der Waals surface area contributed by atoms with Crippen molar-refractivity contribution in [3.05, 3.63) is 46.4 Å². The second-order valence-corrected chi connectivity index (χ2v) is 7.37. The van der Waals surface area contributed by atoms with Crippen LogP contribution in [0.3, 0.4) is 0 Å². The molecule has 1 aliphatic heterocycles. The Bertz CT molecular complexity index is 946. The van der Waals surface area contributed by atoms with E-state index in [1.807, 2.05) is 0 Å². The third-order valence-corrected chi connectivity index (χ3v) is 5.04. The summed E-state index contributed by atoms with van der Waals surface area (Å²) in [5.74, 6) is -0.886. The molecule has 0 bridgehead atoms. The number of carbonyl (C=O) groups is 1. The molecule has 12 heteroatoms. The van der Waals surface area contributed by atoms with Crippen molar-refractivity contribution in [1.29, 1.82) is 5.41 Å². The molecule has 1 aromatic rings. The summed E-state index contributed by atoms with van der Waals surface area (Å²) < 4.78 is 33.0. The maximum atomic E-state index is 13.9. The van der Waals surface area contributed by atoms with Crippen LogP contribution in [-0.2, 0) is 9.53 Å². The molecule has 0 unspecified atom stereocenters. The minimum Gasteiger partial charge on any atom is -0.380 e. The lowest BCUT2D eigenvalue weighted by molar-refractivity contribution is -0.134. The van der Waals surface area contributed by atoms with Crippen molar-refractivity contribution in [2.75, 3.05) is 50.0 Å². The number of aromatic nitrogens is 2. The van der Waals surface area contributed by atoms with Crippen molar-refractivity contribution in [2.24, 2.45) is 0 Å². The molecule has 1 aromatic heterocycles. The molecule has 1 fully saturated rings. The van der Waals surface area contributed by atoms with Crippen LogP contribution in [-0.4, -0.2) is 66.4 Å². The number of hydrogen-bond acceptors (Lipinski definition) is 8. The van der Waals surface area contributed by atoms with Crippen LogP contribution < -0.4 is 16.0 Å². The third kappa shape index (κ3) is 6.47. The number of carbonyl (C=O) groups excluding carboxylic acids is 1. The molecule has 0 radical (unpaired) electrons. The Kier molecular flexibility index (Phi) is 8.51. The highest BCUT2D eigenvalue weighted by Crippen LogP contribution is 2.28. The lowest BCUT2D eigenvalue weighted by Crippen LogP contribution is -2.44. The third-order valence-electron chi connectivity index (χ3n) is 4.77. The molecule has 0 saturated carbocycles. The molecule has 0 aromatic carbocycles. The summed E-state index contributed by atoms with van der Waals surface area (Å²) in [5, 5.41) is 16.2. The van der Waals surface area contributed by atoms with Crippen LogP contribution in [0.2, 0.25) is 5.02 Å². The van der Waals surface area contributed by atoms with Gasteiger partial charge in [-0.15, -0.1) is 0 Å². The van der Waals surface area contributed by atoms with Crippen molar-refractivity contribution in [3.63, 3.8) is 0 Å². The Labute approximate surface area is 189 Å². The molecule has 0 atom stereocenters. The zero-order valence-electron chi connectivity index (χ0n) is 17.3. The lowest BCUT2D eigenvalue weighted by atomic mass is 10.0. The van der Waals surface area contributed by atoms with Crippen LogP contribution in [0.5, 0.6) is 0 Å². The fourth-order valence-electron chi connectivity index (χ4n) is 3.05. The van der Waals surface area contributed by atoms with E-state index in [9.17, 15) is 13.6 Å². The Hall–Kier alpha value is -3.05. The smallest absolute Gasteiger partial charge is 0.242 e. The number of nitrogens with one attached hydrogen (secondary N) is 4. The topological polar surface area (TPSA) is 115 Å². The average molecular weight is 468 g/mol. The first-order chi connectivity index (χ1) is 15.5. The molecule has 0 spiro atoms. The summed E-state index contributed by atoms with van der Waals surface area (Å²) in [4.78, 5) is 22.1. The number of morpholine rings is 1. The highest BCUT2D eigenvalue weighted by Gasteiger charge is 2.18. The second kappa shape index (κ2) is 11.5. The zero-order valence-corrected chi connectivity index (χ0v) is 18.0. The number of rotatable bonds is 9. The number of allylic oxidation sites excluding steroid dienone is 3. The largest absolute Gasteiger partial charge is 0.380 e. The quantitative estimate of drug-likeness (QED) is 0.413. The van der Waals surface area contributed by atoms with Gasteiger partial charge < -0.3 is 31.0 Å². The van der Waals surface area contributed by atoms with Gasteiger partial charge >= 0.3 is 0 Å². The van der Waals surface area contributed by atoms with Crippen LogP contribution in [0.25, 0.3) is 0 Å². The molecule has 9 nitrogen and oxygen atoms in total. The summed E-state index contributed by atoms with van der Waals surface area (Å²) >= 11 is 6.09. The molecule has 2 heterocycles. The highest BCUT2D eigenvalue weighted by atomic mass is 35.5. The predicted octanol–water partition coefficient (Wildman–Crippen LogP) is 2.76. The average Bonchev–Trinajstić information content (AvgIpc) is 2.80. The molecule has 1 amide bonds. The molecule has 3 rings (SSSR count). The van der Waals surface area contributed by atoms with Crippen molar-refractivity contribution in [2.45, 2.75) is 12.8 Å². The number of hydrogen-bond donors (Lipinski definition) is 4. The van der Waals surface area contributed by atoms with Gasteiger partial charge in [0.05, 0.1) is 31.7 Å². The Morgan fingerprint density at radius 2 is 2.12 bits per heavy atom. The van der Waals surface area contributed by atoms with E-state index in [0.29, 0.717) is 38.4 Å². The summed E-state index contributed by atoms with van der Waals surface area (Å²) in [6, 6.07) is 0. The summed E-state index contributed by atoms with van der Waals surface area (Å²) in [5.41, 5.74) is 0.234. The fraction of sp³-hybridized carbons (Fsp3) is 0.400. The van der Waals surface area contributed by atoms with Gasteiger partial charge in [-0.25, -0.2) is 13.8 Å². The van der Waals surface area contributed by atoms with E-state index in [2.05, 4.69) is 25.9 Å². The van der Waals surface area contributed by atoms with Crippen molar-refractivity contribution < 1.29 is 18.3 Å². The first kappa shape index (κ1) is 23.6. The Morgan fingerprint density at radius 3 is 2.84 bits per heavy atom. The summed E-state index contributed by atoms with van der Waals surface area (Å²) in [6.45, 7) is 2.08. The van der Waals surface area contributed by atoms with Crippen LogP contribution in [0, 0.1) is 5.41 Å². The monoisotopic (exact) mass is 467 g/mol. The van der Waals surface area contributed by atoms with Crippen molar-refractivity contribution in [1.82, 2.24) is 20.2 Å². The van der Waals surface area contributed by atoms with Gasteiger partial charge in [0.15, 0.2) is 5.82 Å². The standard InChI is InChI=1S/C20H24ClF2N7O2/c21-15-11-27-20(29-19(15)26-10-14-16(22)2-1-3-17(14)23)28-13(8-24)9-25-12-18(31)30-4-6-32-7-5-30/h2,8-9,11,24-25H,1,3-7,10,12H2,(H2,26,27,28,29)/b13-9+,24-8?.